The molecule has 0 aliphatic heterocycles. The fourth-order valence-corrected chi connectivity index (χ4v) is 3.92. The van der Waals surface area contributed by atoms with Gasteiger partial charge in [-0.15, -0.1) is 10.2 Å². The molecule has 0 spiro atoms. The number of benzene rings is 3. The third-order valence-corrected chi connectivity index (χ3v) is 5.63. The zero-order valence-corrected chi connectivity index (χ0v) is 18.5. The van der Waals surface area contributed by atoms with Gasteiger partial charge in [0.2, 0.25) is 5.88 Å². The van der Waals surface area contributed by atoms with Gasteiger partial charge in [-0.3, -0.25) is 4.79 Å². The van der Waals surface area contributed by atoms with Gasteiger partial charge in [0.05, 0.1) is 5.52 Å². The van der Waals surface area contributed by atoms with Crippen LogP contribution in [0.5, 0.6) is 5.88 Å². The molecule has 7 heteroatoms. The Morgan fingerprint density at radius 3 is 2.16 bits per heavy atom. The zero-order valence-electron chi connectivity index (χ0n) is 16.9. The van der Waals surface area contributed by atoms with E-state index < -0.39 is 11.5 Å². The van der Waals surface area contributed by atoms with Crippen LogP contribution in [0.3, 0.4) is 0 Å². The molecule has 1 heterocycles. The molecule has 3 N–H and O–H groups in total. The Morgan fingerprint density at radius 1 is 0.968 bits per heavy atom. The number of aromatic amines is 1. The van der Waals surface area contributed by atoms with Crippen LogP contribution in [-0.2, 0) is 10.4 Å². The molecule has 1 amide bonds. The van der Waals surface area contributed by atoms with Crippen LogP contribution >= 0.6 is 15.9 Å². The minimum Gasteiger partial charge on any atom is -0.493 e. The van der Waals surface area contributed by atoms with Crippen molar-refractivity contribution in [3.05, 3.63) is 93.5 Å². The first-order valence-electron chi connectivity index (χ1n) is 9.62. The van der Waals surface area contributed by atoms with Gasteiger partial charge in [-0.25, -0.2) is 0 Å². The summed E-state index contributed by atoms with van der Waals surface area (Å²) in [6, 6.07) is 19.5. The molecule has 4 aromatic rings. The van der Waals surface area contributed by atoms with E-state index >= 15 is 0 Å². The van der Waals surface area contributed by atoms with Crippen molar-refractivity contribution >= 4 is 38.4 Å². The van der Waals surface area contributed by atoms with Crippen molar-refractivity contribution in [3.8, 4) is 5.88 Å². The van der Waals surface area contributed by atoms with E-state index in [1.807, 2.05) is 32.0 Å². The highest BCUT2D eigenvalue weighted by Gasteiger charge is 2.40. The van der Waals surface area contributed by atoms with Crippen molar-refractivity contribution in [2.24, 2.45) is 10.2 Å². The van der Waals surface area contributed by atoms with Gasteiger partial charge < -0.3 is 15.2 Å². The van der Waals surface area contributed by atoms with Crippen LogP contribution in [-0.4, -0.2) is 21.1 Å². The molecular weight excluding hydrogens is 458 g/mol. The Hall–Kier alpha value is -3.29. The monoisotopic (exact) mass is 477 g/mol. The molecule has 0 fully saturated rings. The number of aromatic hydroxyl groups is 1. The van der Waals surface area contributed by atoms with Gasteiger partial charge >= 0.3 is 5.91 Å². The summed E-state index contributed by atoms with van der Waals surface area (Å²) in [7, 11) is 0. The minimum atomic E-state index is -2.02. The standard InChI is InChI=1S/C24H20BrN3O3/c1-14-5-3-7-16(11-14)24(31,17-8-4-6-15(2)12-17)23(30)28-27-21-19-13-18(25)9-10-20(19)26-22(21)29/h3-13,26,29,31H,1-2H3. The molecule has 0 aliphatic carbocycles. The van der Waals surface area contributed by atoms with E-state index in [1.54, 1.807) is 48.5 Å². The van der Waals surface area contributed by atoms with Crippen LogP contribution in [0, 0.1) is 13.8 Å². The Morgan fingerprint density at radius 2 is 1.58 bits per heavy atom. The summed E-state index contributed by atoms with van der Waals surface area (Å²) in [4.78, 5) is 16.1. The van der Waals surface area contributed by atoms with Crippen LogP contribution in [0.4, 0.5) is 5.69 Å². The van der Waals surface area contributed by atoms with Gasteiger partial charge in [-0.05, 0) is 43.2 Å². The largest absolute Gasteiger partial charge is 0.493 e. The number of rotatable bonds is 4. The molecule has 0 saturated carbocycles. The first-order valence-corrected chi connectivity index (χ1v) is 10.4. The molecule has 0 bridgehead atoms. The average Bonchev–Trinajstić information content (AvgIpc) is 3.05. The number of nitrogens with one attached hydrogen (secondary N) is 1. The number of fused-ring (bicyclic) bond motifs is 1. The van der Waals surface area contributed by atoms with Crippen molar-refractivity contribution in [1.29, 1.82) is 0 Å². The third-order valence-electron chi connectivity index (χ3n) is 5.14. The number of halogens is 1. The van der Waals surface area contributed by atoms with Crippen LogP contribution in [0.1, 0.15) is 22.3 Å². The van der Waals surface area contributed by atoms with E-state index in [2.05, 4.69) is 31.1 Å². The van der Waals surface area contributed by atoms with E-state index in [1.165, 1.54) is 0 Å². The summed E-state index contributed by atoms with van der Waals surface area (Å²) in [6.07, 6.45) is 0. The minimum absolute atomic E-state index is 0.125. The van der Waals surface area contributed by atoms with E-state index in [4.69, 9.17) is 0 Å². The number of nitrogens with zero attached hydrogens (tertiary/aromatic N) is 2. The van der Waals surface area contributed by atoms with E-state index in [-0.39, 0.29) is 11.6 Å². The zero-order chi connectivity index (χ0) is 22.2. The van der Waals surface area contributed by atoms with Gasteiger partial charge in [-0.1, -0.05) is 75.6 Å². The number of carbonyl (C=O) groups excluding carboxylic acids is 1. The quantitative estimate of drug-likeness (QED) is 0.324. The number of hydrogen-bond donors (Lipinski definition) is 3. The highest BCUT2D eigenvalue weighted by Crippen LogP contribution is 2.38. The number of carbonyl (C=O) groups is 1. The van der Waals surface area contributed by atoms with Gasteiger partial charge in [-0.2, -0.15) is 0 Å². The lowest BCUT2D eigenvalue weighted by molar-refractivity contribution is -0.133. The average molecular weight is 478 g/mol. The number of hydrogen-bond acceptors (Lipinski definition) is 4. The van der Waals surface area contributed by atoms with Crippen molar-refractivity contribution in [2.75, 3.05) is 0 Å². The van der Waals surface area contributed by atoms with Crippen molar-refractivity contribution < 1.29 is 15.0 Å². The molecule has 31 heavy (non-hydrogen) atoms. The second-order valence-electron chi connectivity index (χ2n) is 7.47. The molecule has 0 saturated heterocycles. The van der Waals surface area contributed by atoms with Gasteiger partial charge in [0.25, 0.3) is 0 Å². The lowest BCUT2D eigenvalue weighted by Gasteiger charge is -2.26. The highest BCUT2D eigenvalue weighted by atomic mass is 79.9. The fraction of sp³-hybridized carbons (Fsp3) is 0.125. The van der Waals surface area contributed by atoms with E-state index in [0.717, 1.165) is 15.6 Å². The van der Waals surface area contributed by atoms with Gasteiger partial charge in [0, 0.05) is 9.86 Å². The molecule has 6 nitrogen and oxygen atoms in total. The van der Waals surface area contributed by atoms with Crippen molar-refractivity contribution in [1.82, 2.24) is 4.98 Å². The van der Waals surface area contributed by atoms with Crippen LogP contribution < -0.4 is 0 Å². The number of H-pyrrole nitrogens is 1. The Kier molecular flexibility index (Phi) is 5.47. The van der Waals surface area contributed by atoms with E-state index in [9.17, 15) is 15.0 Å². The van der Waals surface area contributed by atoms with Crippen molar-refractivity contribution in [2.45, 2.75) is 19.4 Å². The normalized spacial score (nSPS) is 12.0. The molecule has 0 atom stereocenters. The predicted octanol–water partition coefficient (Wildman–Crippen LogP) is 5.80. The van der Waals surface area contributed by atoms with E-state index in [0.29, 0.717) is 22.0 Å². The Balaban J connectivity index is 1.82. The Bertz CT molecular complexity index is 1280. The maximum absolute atomic E-state index is 13.3. The number of azo groups is 1. The Labute approximate surface area is 187 Å². The first-order chi connectivity index (χ1) is 14.8. The second kappa shape index (κ2) is 8.09. The highest BCUT2D eigenvalue weighted by molar-refractivity contribution is 9.10. The third kappa shape index (κ3) is 3.89. The second-order valence-corrected chi connectivity index (χ2v) is 8.38. The molecule has 156 valence electrons. The topological polar surface area (TPSA) is 98.0 Å². The lowest BCUT2D eigenvalue weighted by atomic mass is 9.84. The molecule has 0 unspecified atom stereocenters. The number of aryl methyl sites for hydroxylation is 2. The predicted molar refractivity (Wildman–Crippen MR) is 123 cm³/mol. The molecule has 4 rings (SSSR count). The summed E-state index contributed by atoms with van der Waals surface area (Å²) in [6.45, 7) is 3.77. The summed E-state index contributed by atoms with van der Waals surface area (Å²) in [5.74, 6) is -1.06. The molecule has 3 aromatic carbocycles. The smallest absolute Gasteiger partial charge is 0.305 e. The molecule has 0 aliphatic rings. The first kappa shape index (κ1) is 21.0. The fourth-order valence-electron chi connectivity index (χ4n) is 3.56. The maximum Gasteiger partial charge on any atom is 0.305 e. The number of aliphatic hydroxyl groups is 1. The van der Waals surface area contributed by atoms with Crippen molar-refractivity contribution in [3.63, 3.8) is 0 Å². The van der Waals surface area contributed by atoms with Crippen LogP contribution in [0.15, 0.2) is 81.4 Å². The SMILES string of the molecule is Cc1cccc(C(O)(C(=O)N=Nc2c(O)[nH]c3ccc(Br)cc23)c2cccc(C)c2)c1. The number of amides is 1. The van der Waals surface area contributed by atoms with Crippen LogP contribution in [0.25, 0.3) is 10.9 Å². The lowest BCUT2D eigenvalue weighted by Crippen LogP contribution is -2.36. The summed E-state index contributed by atoms with van der Waals surface area (Å²) in [5, 5.41) is 30.3. The van der Waals surface area contributed by atoms with Crippen LogP contribution in [0.2, 0.25) is 0 Å². The number of aromatic nitrogens is 1. The maximum atomic E-state index is 13.3. The summed E-state index contributed by atoms with van der Waals surface area (Å²) >= 11 is 3.39. The molecule has 0 radical (unpaired) electrons. The summed E-state index contributed by atoms with van der Waals surface area (Å²) in [5.41, 5.74) is 1.33. The van der Waals surface area contributed by atoms with Gasteiger partial charge in [0.15, 0.2) is 11.3 Å². The van der Waals surface area contributed by atoms with Gasteiger partial charge in [0.1, 0.15) is 0 Å². The molecule has 1 aromatic heterocycles. The molecular formula is C24H20BrN3O3. The summed E-state index contributed by atoms with van der Waals surface area (Å²) < 4.78 is 0.790.